The monoisotopic (exact) mass is 353 g/mol. The SMILES string of the molecule is C[C-](C)N(C)C.[Rf]. The molecular weight excluding hydrogens is 341 g/mol. The minimum atomic E-state index is 0. The van der Waals surface area contributed by atoms with Gasteiger partial charge in [0.1, 0.15) is 0 Å². The first kappa shape index (κ1) is 9.35. The Hall–Kier alpha value is -1.04. The second-order valence-electron chi connectivity index (χ2n) is 1.84. The summed E-state index contributed by atoms with van der Waals surface area (Å²) < 4.78 is 0. The van der Waals surface area contributed by atoms with E-state index in [2.05, 4.69) is 18.7 Å². The molecule has 0 unspecified atom stereocenters. The minimum absolute atomic E-state index is 0. The van der Waals surface area contributed by atoms with Gasteiger partial charge in [-0.2, -0.15) is 13.8 Å². The fourth-order valence-electron chi connectivity index (χ4n) is 0. The second kappa shape index (κ2) is 3.16. The Balaban J connectivity index is 0. The molecule has 0 aliphatic carbocycles. The molecule has 0 spiro atoms. The largest absolute Gasteiger partial charge is 0.459 e. The van der Waals surface area contributed by atoms with Crippen molar-refractivity contribution in [3.05, 3.63) is 6.04 Å². The van der Waals surface area contributed by atoms with Gasteiger partial charge in [0.05, 0.1) is 0 Å². The van der Waals surface area contributed by atoms with Gasteiger partial charge in [-0.3, -0.25) is 6.04 Å². The molecule has 0 aliphatic rings. The van der Waals surface area contributed by atoms with Gasteiger partial charge in [-0.15, -0.1) is 0 Å². The van der Waals surface area contributed by atoms with Crippen molar-refractivity contribution in [1.82, 2.24) is 4.90 Å². The molecule has 1 nitrogen and oxygen atoms in total. The molecule has 7 heavy (non-hydrogen) atoms. The molecule has 0 aromatic carbocycles. The average molecular weight is 353 g/mol. The predicted molar refractivity (Wildman–Crippen MR) is 28.3 cm³/mol. The predicted octanol–water partition coefficient (Wildman–Crippen LogP) is 1.12. The topological polar surface area (TPSA) is 3.24 Å². The van der Waals surface area contributed by atoms with E-state index in [-0.39, 0.29) is 0 Å². The third-order valence-electron chi connectivity index (χ3n) is 0.894. The molecule has 0 bridgehead atoms. The molecule has 0 saturated carbocycles. The molecule has 0 fully saturated rings. The Bertz CT molecular complexity index is 29.1. The molecule has 2 heteroatoms. The first-order valence-electron chi connectivity index (χ1n) is 2.12. The van der Waals surface area contributed by atoms with Crippen molar-refractivity contribution in [2.24, 2.45) is 0 Å². The summed E-state index contributed by atoms with van der Waals surface area (Å²) in [5.74, 6) is 0. The quantitative estimate of drug-likeness (QED) is 0.639. The Kier molecular flexibility index (Phi) is 4.22. The molecule has 0 amide bonds. The summed E-state index contributed by atoms with van der Waals surface area (Å²) in [7, 11) is 4.07. The number of rotatable bonds is 1. The van der Waals surface area contributed by atoms with Gasteiger partial charge < -0.3 is 4.90 Å². The van der Waals surface area contributed by atoms with Gasteiger partial charge in [-0.1, -0.05) is 0 Å². The van der Waals surface area contributed by atoms with Crippen LogP contribution in [0.15, 0.2) is 0 Å². The molecule has 0 saturated heterocycles. The maximum absolute atomic E-state index is 2.08. The van der Waals surface area contributed by atoms with Gasteiger partial charge in [0.25, 0.3) is 0 Å². The van der Waals surface area contributed by atoms with Gasteiger partial charge in [0.15, 0.2) is 0 Å². The normalized spacial score (nSPS) is 9.43. The summed E-state index contributed by atoms with van der Waals surface area (Å²) in [5, 5.41) is 0. The van der Waals surface area contributed by atoms with Crippen LogP contribution in [0.5, 0.6) is 0 Å². The van der Waals surface area contributed by atoms with Crippen LogP contribution in [0.3, 0.4) is 0 Å². The van der Waals surface area contributed by atoms with Crippen LogP contribution in [0.2, 0.25) is 0 Å². The summed E-state index contributed by atoms with van der Waals surface area (Å²) in [4.78, 5) is 2.08. The maximum Gasteiger partial charge on any atom is 0 e. The third kappa shape index (κ3) is 4.96. The molecule has 0 N–H and O–H groups in total. The van der Waals surface area contributed by atoms with Crippen molar-refractivity contribution in [1.29, 1.82) is 0 Å². The molecule has 0 aromatic rings. The van der Waals surface area contributed by atoms with Crippen molar-refractivity contribution in [3.63, 3.8) is 0 Å². The van der Waals surface area contributed by atoms with E-state index in [9.17, 15) is 0 Å². The average Bonchev–Trinajstić information content (AvgIpc) is 1.36. The van der Waals surface area contributed by atoms with Gasteiger partial charge in [-0.25, -0.2) is 0 Å². The molecule has 0 aliphatic heterocycles. The van der Waals surface area contributed by atoms with Gasteiger partial charge in [0.2, 0.25) is 0 Å². The zero-order chi connectivity index (χ0) is 5.15. The third-order valence-corrected chi connectivity index (χ3v) is 0.894. The fraction of sp³-hybridized carbons (Fsp3) is 0.800. The molecular formula is C5H12NRf-. The number of hydrogen-bond acceptors (Lipinski definition) is 1. The standard InChI is InChI=1S/C5H12N.Rf/c1-5(2)6(3)4;/h1-4H3;/q-1;. The molecule has 40 valence electrons. The summed E-state index contributed by atoms with van der Waals surface area (Å²) in [6.07, 6.45) is 0. The van der Waals surface area contributed by atoms with Crippen LogP contribution in [-0.2, 0) is 0 Å². The summed E-state index contributed by atoms with van der Waals surface area (Å²) in [6.45, 7) is 4.17. The van der Waals surface area contributed by atoms with Crippen LogP contribution >= 0.6 is 0 Å². The van der Waals surface area contributed by atoms with E-state index in [1.54, 1.807) is 0 Å². The summed E-state index contributed by atoms with van der Waals surface area (Å²) in [6, 6.07) is 1.34. The van der Waals surface area contributed by atoms with E-state index >= 15 is 0 Å². The molecule has 0 radical (unpaired) electrons. The fourth-order valence-corrected chi connectivity index (χ4v) is 0. The Morgan fingerprint density at radius 3 is 1.29 bits per heavy atom. The van der Waals surface area contributed by atoms with Crippen molar-refractivity contribution < 1.29 is 0 Å². The van der Waals surface area contributed by atoms with Gasteiger partial charge in [0, 0.05) is 0 Å². The smallest absolute Gasteiger partial charge is 0 e. The van der Waals surface area contributed by atoms with Crippen LogP contribution in [0.1, 0.15) is 13.8 Å². The van der Waals surface area contributed by atoms with Crippen LogP contribution < -0.4 is 0 Å². The first-order chi connectivity index (χ1) is 2.64. The minimum Gasteiger partial charge on any atom is -0.459 e. The van der Waals surface area contributed by atoms with Crippen molar-refractivity contribution in [3.8, 4) is 0 Å². The summed E-state index contributed by atoms with van der Waals surface area (Å²) >= 11 is 0. The van der Waals surface area contributed by atoms with Crippen molar-refractivity contribution in [2.75, 3.05) is 14.1 Å². The zero-order valence-corrected chi connectivity index (χ0v) is 12.1. The molecule has 0 aromatic heterocycles. The van der Waals surface area contributed by atoms with Gasteiger partial charge >= 0.3 is 0 Å². The second-order valence-corrected chi connectivity index (χ2v) is 1.84. The van der Waals surface area contributed by atoms with Crippen molar-refractivity contribution >= 4 is 0 Å². The van der Waals surface area contributed by atoms with Crippen LogP contribution in [0.25, 0.3) is 0 Å². The van der Waals surface area contributed by atoms with Crippen LogP contribution in [0.4, 0.5) is 0 Å². The van der Waals surface area contributed by atoms with E-state index < -0.39 is 0 Å². The Morgan fingerprint density at radius 2 is 1.29 bits per heavy atom. The molecule has 0 rings (SSSR count). The summed E-state index contributed by atoms with van der Waals surface area (Å²) in [5.41, 5.74) is 0. The Morgan fingerprint density at radius 1 is 1.14 bits per heavy atom. The first-order valence-corrected chi connectivity index (χ1v) is 2.12. The maximum atomic E-state index is 2.08. The van der Waals surface area contributed by atoms with E-state index in [0.717, 1.165) is 0 Å². The van der Waals surface area contributed by atoms with E-state index in [1.165, 1.54) is 6.04 Å². The molecule has 0 heterocycles. The van der Waals surface area contributed by atoms with Crippen LogP contribution in [0, 0.1) is 6.04 Å². The number of hydrogen-bond donors (Lipinski definition) is 0. The van der Waals surface area contributed by atoms with E-state index in [4.69, 9.17) is 0 Å². The van der Waals surface area contributed by atoms with E-state index in [0.29, 0.717) is 0 Å². The van der Waals surface area contributed by atoms with Crippen molar-refractivity contribution in [2.45, 2.75) is 13.8 Å². The van der Waals surface area contributed by atoms with E-state index in [1.807, 2.05) is 14.1 Å². The Labute approximate surface area is 40.0 Å². The number of nitrogens with zero attached hydrogens (tertiary/aromatic N) is 1. The van der Waals surface area contributed by atoms with Crippen LogP contribution in [-0.4, -0.2) is 19.0 Å². The van der Waals surface area contributed by atoms with Gasteiger partial charge in [-0.05, 0) is 14.1 Å². The molecule has 0 atom stereocenters. The zero-order valence-electron chi connectivity index (χ0n) is 5.65.